The number of hydrogen-bond acceptors (Lipinski definition) is 6. The maximum absolute atomic E-state index is 11.0. The summed E-state index contributed by atoms with van der Waals surface area (Å²) in [5.74, 6) is 0.0658. The first-order valence-corrected chi connectivity index (χ1v) is 6.15. The van der Waals surface area contributed by atoms with Gasteiger partial charge in [-0.15, -0.1) is 16.5 Å². The maximum atomic E-state index is 11.0. The van der Waals surface area contributed by atoms with Crippen LogP contribution in [0.1, 0.15) is 0 Å². The maximum Gasteiger partial charge on any atom is 0.340 e. The van der Waals surface area contributed by atoms with E-state index in [4.69, 9.17) is 11.6 Å². The van der Waals surface area contributed by atoms with Crippen LogP contribution in [0.3, 0.4) is 0 Å². The topological polar surface area (TPSA) is 108 Å². The highest BCUT2D eigenvalue weighted by molar-refractivity contribution is 7.71. The molecule has 0 saturated heterocycles. The third-order valence-electron chi connectivity index (χ3n) is 1.10. The van der Waals surface area contributed by atoms with Crippen LogP contribution in [0, 0.1) is 4.91 Å². The molecule has 0 saturated carbocycles. The molecule has 0 aliphatic heterocycles. The monoisotopic (exact) mass is 286 g/mol. The average Bonchev–Trinajstić information content (AvgIpc) is 2.26. The number of carbonyl (C=O) groups is 1. The molecule has 0 radical (unpaired) electrons. The van der Waals surface area contributed by atoms with Crippen LogP contribution in [0.4, 0.5) is 4.79 Å². The highest BCUT2D eigenvalue weighted by Gasteiger charge is 2.11. The van der Waals surface area contributed by atoms with E-state index in [9.17, 15) is 18.1 Å². The summed E-state index contributed by atoms with van der Waals surface area (Å²) in [6.45, 7) is -0.222. The number of nitroso groups, excluding NO2 is 1. The minimum atomic E-state index is -2.34. The number of nitrogens with zero attached hydrogens (tertiary/aromatic N) is 2. The summed E-state index contributed by atoms with van der Waals surface area (Å²) in [7, 11) is 1.41. The van der Waals surface area contributed by atoms with E-state index in [-0.39, 0.29) is 19.0 Å². The van der Waals surface area contributed by atoms with Crippen molar-refractivity contribution in [1.29, 1.82) is 0 Å². The lowest BCUT2D eigenvalue weighted by molar-refractivity contribution is 0.204. The van der Waals surface area contributed by atoms with Crippen molar-refractivity contribution in [3.05, 3.63) is 4.91 Å². The zero-order chi connectivity index (χ0) is 13.7. The summed E-state index contributed by atoms with van der Waals surface area (Å²) in [4.78, 5) is 21.0. The Morgan fingerprint density at radius 3 is 2.35 bits per heavy atom. The molecule has 2 amide bonds. The number of carbonyl (C=O) groups excluding carboxylic acids is 1. The highest BCUT2D eigenvalue weighted by Crippen LogP contribution is 1.90. The van der Waals surface area contributed by atoms with Gasteiger partial charge in [0.25, 0.3) is 0 Å². The summed E-state index contributed by atoms with van der Waals surface area (Å²) in [6.07, 6.45) is 0. The zero-order valence-corrected chi connectivity index (χ0v) is 11.1. The molecule has 0 bridgehead atoms. The van der Waals surface area contributed by atoms with Gasteiger partial charge in [-0.2, -0.15) is 13.4 Å². The van der Waals surface area contributed by atoms with E-state index in [2.05, 4.69) is 15.9 Å². The summed E-state index contributed by atoms with van der Waals surface area (Å²) in [5.41, 5.74) is 0. The molecule has 0 aliphatic carbocycles. The van der Waals surface area contributed by atoms with Gasteiger partial charge in [0.1, 0.15) is 0 Å². The quantitative estimate of drug-likeness (QED) is 0.305. The van der Waals surface area contributed by atoms with Gasteiger partial charge >= 0.3 is 6.03 Å². The Morgan fingerprint density at radius 2 is 2.00 bits per heavy atom. The number of urea groups is 1. The Bertz CT molecular complexity index is 338. The van der Waals surface area contributed by atoms with Gasteiger partial charge in [-0.05, 0) is 14.1 Å². The molecule has 0 aromatic carbocycles. The number of halogens is 1. The van der Waals surface area contributed by atoms with Crippen LogP contribution in [0.2, 0.25) is 0 Å². The van der Waals surface area contributed by atoms with Gasteiger partial charge < -0.3 is 10.6 Å². The van der Waals surface area contributed by atoms with Gasteiger partial charge in [-0.3, -0.25) is 0 Å². The standard InChI is InChI=1S/C5H8ClN3O4S.C2H7N/c6-1-3-9(8-11)5(10)7-2-4-14(12)13;1-3-2/h4H,1-3H2,(H,7,10);3H,1-2H3. The molecule has 0 aromatic heterocycles. The second-order valence-electron chi connectivity index (χ2n) is 2.51. The smallest absolute Gasteiger partial charge is 0.332 e. The second-order valence-corrected chi connectivity index (χ2v) is 3.74. The molecule has 0 atom stereocenters. The van der Waals surface area contributed by atoms with E-state index in [0.29, 0.717) is 5.01 Å². The minimum absolute atomic E-state index is 0.0304. The summed E-state index contributed by atoms with van der Waals surface area (Å²) < 4.78 is 20.0. The van der Waals surface area contributed by atoms with Crippen molar-refractivity contribution in [1.82, 2.24) is 15.6 Å². The molecular weight excluding hydrogens is 272 g/mol. The molecular formula is C7H15ClN4O4S. The minimum Gasteiger partial charge on any atom is -0.332 e. The predicted molar refractivity (Wildman–Crippen MR) is 66.6 cm³/mol. The van der Waals surface area contributed by atoms with Crippen molar-refractivity contribution in [3.63, 3.8) is 0 Å². The van der Waals surface area contributed by atoms with Crippen molar-refractivity contribution in [2.24, 2.45) is 5.29 Å². The van der Waals surface area contributed by atoms with Crippen LogP contribution in [-0.2, 0) is 10.3 Å². The normalized spacial score (nSPS) is 8.41. The zero-order valence-electron chi connectivity index (χ0n) is 9.51. The third-order valence-corrected chi connectivity index (χ3v) is 1.71. The molecule has 0 fully saturated rings. The number of alkyl halides is 1. The molecule has 0 aromatic rings. The molecule has 0 aliphatic rings. The number of rotatable bonds is 5. The fraction of sp³-hybridized carbons (Fsp3) is 0.714. The summed E-state index contributed by atoms with van der Waals surface area (Å²) >= 11 is 5.28. The molecule has 0 rings (SSSR count). The Labute approximate surface area is 106 Å². The van der Waals surface area contributed by atoms with Crippen LogP contribution in [-0.4, -0.2) is 57.9 Å². The molecule has 10 heteroatoms. The van der Waals surface area contributed by atoms with Gasteiger partial charge in [0, 0.05) is 5.88 Å². The predicted octanol–water partition coefficient (Wildman–Crippen LogP) is -0.565. The van der Waals surface area contributed by atoms with E-state index < -0.39 is 16.3 Å². The molecule has 0 unspecified atom stereocenters. The molecule has 8 nitrogen and oxygen atoms in total. The highest BCUT2D eigenvalue weighted by atomic mass is 35.5. The van der Waals surface area contributed by atoms with E-state index in [1.807, 2.05) is 14.1 Å². The van der Waals surface area contributed by atoms with Crippen LogP contribution in [0.15, 0.2) is 5.29 Å². The molecule has 100 valence electrons. The summed E-state index contributed by atoms with van der Waals surface area (Å²) in [5, 5.41) is 8.68. The van der Waals surface area contributed by atoms with Crippen LogP contribution < -0.4 is 10.6 Å². The Morgan fingerprint density at radius 1 is 1.47 bits per heavy atom. The molecule has 17 heavy (non-hydrogen) atoms. The van der Waals surface area contributed by atoms with Crippen LogP contribution >= 0.6 is 11.6 Å². The van der Waals surface area contributed by atoms with E-state index in [1.54, 1.807) is 0 Å². The lowest BCUT2D eigenvalue weighted by Gasteiger charge is -2.10. The Balaban J connectivity index is 0. The number of nitrogens with one attached hydrogen (secondary N) is 2. The van der Waals surface area contributed by atoms with Gasteiger partial charge in [-0.25, -0.2) is 4.79 Å². The Kier molecular flexibility index (Phi) is 13.8. The fourth-order valence-corrected chi connectivity index (χ4v) is 0.927. The lowest BCUT2D eigenvalue weighted by Crippen LogP contribution is -2.38. The van der Waals surface area contributed by atoms with Gasteiger partial charge in [-0.1, -0.05) is 0 Å². The summed E-state index contributed by atoms with van der Waals surface area (Å²) in [6, 6.07) is -0.789. The van der Waals surface area contributed by atoms with Gasteiger partial charge in [0.05, 0.1) is 23.7 Å². The molecule has 0 spiro atoms. The number of amides is 2. The number of hydrogen-bond donors (Lipinski definition) is 2. The van der Waals surface area contributed by atoms with Crippen molar-refractivity contribution in [2.45, 2.75) is 0 Å². The van der Waals surface area contributed by atoms with Crippen LogP contribution in [0.5, 0.6) is 0 Å². The van der Waals surface area contributed by atoms with Gasteiger partial charge in [0.2, 0.25) is 10.3 Å². The van der Waals surface area contributed by atoms with E-state index in [0.717, 1.165) is 5.37 Å². The fourth-order valence-electron chi connectivity index (χ4n) is 0.548. The Hall–Kier alpha value is -1.19. The third kappa shape index (κ3) is 12.7. The largest absolute Gasteiger partial charge is 0.340 e. The van der Waals surface area contributed by atoms with Gasteiger partial charge in [0.15, 0.2) is 0 Å². The average molecular weight is 287 g/mol. The second kappa shape index (κ2) is 12.9. The first kappa shape index (κ1) is 18.2. The van der Waals surface area contributed by atoms with Crippen molar-refractivity contribution >= 4 is 33.3 Å². The van der Waals surface area contributed by atoms with E-state index in [1.165, 1.54) is 0 Å². The molecule has 2 N–H and O–H groups in total. The molecule has 0 heterocycles. The lowest BCUT2D eigenvalue weighted by atomic mass is 10.6. The first-order chi connectivity index (χ1) is 8.03. The van der Waals surface area contributed by atoms with E-state index >= 15 is 0 Å². The van der Waals surface area contributed by atoms with Crippen LogP contribution in [0.25, 0.3) is 0 Å². The van der Waals surface area contributed by atoms with Crippen molar-refractivity contribution < 1.29 is 13.2 Å². The van der Waals surface area contributed by atoms with Crippen molar-refractivity contribution in [2.75, 3.05) is 33.1 Å². The first-order valence-electron chi connectivity index (χ1n) is 4.47. The van der Waals surface area contributed by atoms with Crippen molar-refractivity contribution in [3.8, 4) is 0 Å². The SMILES string of the molecule is CNC.O=NN(CCCl)C(=O)NCC=S(=O)=O.